The second-order valence-corrected chi connectivity index (χ2v) is 5.68. The highest BCUT2D eigenvalue weighted by Gasteiger charge is 2.36. The van der Waals surface area contributed by atoms with Gasteiger partial charge in [-0.15, -0.1) is 0 Å². The quantitative estimate of drug-likeness (QED) is 0.604. The molecule has 0 aromatic heterocycles. The van der Waals surface area contributed by atoms with E-state index < -0.39 is 18.2 Å². The summed E-state index contributed by atoms with van der Waals surface area (Å²) < 4.78 is 23.0. The zero-order valence-electron chi connectivity index (χ0n) is 14.2. The topological polar surface area (TPSA) is 81.6 Å². The van der Waals surface area contributed by atoms with Crippen molar-refractivity contribution in [2.24, 2.45) is 0 Å². The van der Waals surface area contributed by atoms with E-state index in [1.807, 2.05) is 44.2 Å². The van der Waals surface area contributed by atoms with Gasteiger partial charge in [-0.2, -0.15) is 0 Å². The molecular weight excluding hydrogens is 334 g/mol. The molecule has 3 N–H and O–H groups in total. The van der Waals surface area contributed by atoms with Crippen molar-refractivity contribution in [1.82, 2.24) is 0 Å². The lowest BCUT2D eigenvalue weighted by Gasteiger charge is -2.30. The maximum atomic E-state index is 12.0. The highest BCUT2D eigenvalue weighted by atomic mass is 35.5. The molecule has 24 heavy (non-hydrogen) atoms. The van der Waals surface area contributed by atoms with Crippen LogP contribution in [0.15, 0.2) is 30.3 Å². The van der Waals surface area contributed by atoms with E-state index in [0.29, 0.717) is 13.2 Å². The van der Waals surface area contributed by atoms with Gasteiger partial charge in [-0.05, 0) is 25.5 Å². The third-order valence-electron chi connectivity index (χ3n) is 3.61. The van der Waals surface area contributed by atoms with Crippen LogP contribution in [0.4, 0.5) is 0 Å². The van der Waals surface area contributed by atoms with Crippen molar-refractivity contribution in [3.63, 3.8) is 0 Å². The van der Waals surface area contributed by atoms with Gasteiger partial charge in [-0.25, -0.2) is 4.79 Å². The van der Waals surface area contributed by atoms with Gasteiger partial charge in [-0.1, -0.05) is 25.1 Å². The Kier molecular flexibility index (Phi) is 9.07. The minimum absolute atomic E-state index is 0. The largest absolute Gasteiger partial charge is 1.00 e. The maximum absolute atomic E-state index is 12.0. The summed E-state index contributed by atoms with van der Waals surface area (Å²) >= 11 is 0. The summed E-state index contributed by atoms with van der Waals surface area (Å²) in [7, 11) is 0. The molecule has 1 heterocycles. The van der Waals surface area contributed by atoms with Gasteiger partial charge in [0.15, 0.2) is 6.10 Å². The van der Waals surface area contributed by atoms with Crippen molar-refractivity contribution in [1.29, 1.82) is 0 Å². The first-order chi connectivity index (χ1) is 11.1. The first-order valence-corrected chi connectivity index (χ1v) is 8.06. The first kappa shape index (κ1) is 20.7. The van der Waals surface area contributed by atoms with Gasteiger partial charge in [0.25, 0.3) is 0 Å². The van der Waals surface area contributed by atoms with Crippen LogP contribution in [0.25, 0.3) is 0 Å². The maximum Gasteiger partial charge on any atom is 0.367 e. The second kappa shape index (κ2) is 10.5. The molecule has 1 aliphatic heterocycles. The Morgan fingerprint density at radius 2 is 1.96 bits per heavy atom. The number of ether oxygens (including phenoxy) is 4. The lowest BCUT2D eigenvalue weighted by Crippen LogP contribution is -3.00. The Hall–Kier alpha value is -1.34. The number of hydrogen-bond acceptors (Lipinski definition) is 5. The SMILES string of the molecule is CCCO[C@H]1[C@H](C)OC(=O)[C@@H]([NH3+])COC[C@@H]1Oc1ccccc1.[Cl-]. The van der Waals surface area contributed by atoms with E-state index in [4.69, 9.17) is 18.9 Å². The van der Waals surface area contributed by atoms with Crippen LogP contribution in [-0.2, 0) is 19.0 Å². The highest BCUT2D eigenvalue weighted by molar-refractivity contribution is 5.74. The summed E-state index contributed by atoms with van der Waals surface area (Å²) in [5.41, 5.74) is 3.77. The van der Waals surface area contributed by atoms with E-state index in [-0.39, 0.29) is 31.1 Å². The van der Waals surface area contributed by atoms with Gasteiger partial charge in [0.2, 0.25) is 6.04 Å². The molecule has 1 saturated heterocycles. The zero-order chi connectivity index (χ0) is 16.7. The van der Waals surface area contributed by atoms with Gasteiger partial charge in [0.05, 0.1) is 6.61 Å². The van der Waals surface area contributed by atoms with E-state index in [1.165, 1.54) is 0 Å². The molecule has 4 atom stereocenters. The minimum atomic E-state index is -0.542. The molecule has 0 amide bonds. The molecule has 7 heteroatoms. The Morgan fingerprint density at radius 3 is 2.62 bits per heavy atom. The molecule has 1 aliphatic rings. The summed E-state index contributed by atoms with van der Waals surface area (Å²) in [6, 6.07) is 8.95. The molecule has 0 spiro atoms. The zero-order valence-corrected chi connectivity index (χ0v) is 14.9. The fraction of sp³-hybridized carbons (Fsp3) is 0.588. The average Bonchev–Trinajstić information content (AvgIpc) is 2.59. The van der Waals surface area contributed by atoms with Crippen molar-refractivity contribution in [3.8, 4) is 5.75 Å². The van der Waals surface area contributed by atoms with Crippen molar-refractivity contribution >= 4 is 5.97 Å². The number of benzene rings is 1. The number of carbonyl (C=O) groups excluding carboxylic acids is 1. The van der Waals surface area contributed by atoms with Crippen LogP contribution >= 0.6 is 0 Å². The predicted octanol–water partition coefficient (Wildman–Crippen LogP) is -2.19. The van der Waals surface area contributed by atoms with Crippen LogP contribution in [0.2, 0.25) is 0 Å². The highest BCUT2D eigenvalue weighted by Crippen LogP contribution is 2.19. The molecule has 0 unspecified atom stereocenters. The van der Waals surface area contributed by atoms with Gasteiger partial charge in [0, 0.05) is 6.61 Å². The summed E-state index contributed by atoms with van der Waals surface area (Å²) in [4.78, 5) is 12.0. The van der Waals surface area contributed by atoms with E-state index >= 15 is 0 Å². The number of cyclic esters (lactones) is 1. The Labute approximate surface area is 149 Å². The van der Waals surface area contributed by atoms with E-state index in [0.717, 1.165) is 12.2 Å². The minimum Gasteiger partial charge on any atom is -1.00 e. The fourth-order valence-electron chi connectivity index (χ4n) is 2.41. The predicted molar refractivity (Wildman–Crippen MR) is 83.9 cm³/mol. The van der Waals surface area contributed by atoms with E-state index in [9.17, 15) is 4.79 Å². The van der Waals surface area contributed by atoms with Gasteiger partial charge in [-0.3, -0.25) is 0 Å². The first-order valence-electron chi connectivity index (χ1n) is 8.06. The number of esters is 1. The van der Waals surface area contributed by atoms with Crippen molar-refractivity contribution in [2.45, 2.75) is 44.6 Å². The van der Waals surface area contributed by atoms with Crippen LogP contribution in [0.1, 0.15) is 20.3 Å². The molecule has 6 nitrogen and oxygen atoms in total. The van der Waals surface area contributed by atoms with Crippen LogP contribution < -0.4 is 22.9 Å². The van der Waals surface area contributed by atoms with Crippen LogP contribution in [-0.4, -0.2) is 50.1 Å². The van der Waals surface area contributed by atoms with Crippen molar-refractivity contribution < 1.29 is 41.9 Å². The smallest absolute Gasteiger partial charge is 0.367 e. The van der Waals surface area contributed by atoms with Crippen molar-refractivity contribution in [2.75, 3.05) is 19.8 Å². The van der Waals surface area contributed by atoms with Gasteiger partial charge in [0.1, 0.15) is 24.6 Å². The molecule has 0 saturated carbocycles. The van der Waals surface area contributed by atoms with Gasteiger partial charge >= 0.3 is 5.97 Å². The molecule has 1 aromatic rings. The lowest BCUT2D eigenvalue weighted by molar-refractivity contribution is -0.415. The number of quaternary nitrogens is 1. The molecule has 136 valence electrons. The normalized spacial score (nSPS) is 27.9. The summed E-state index contributed by atoms with van der Waals surface area (Å²) in [5.74, 6) is 0.359. The standard InChI is InChI=1S/C17H25NO5.ClH/c1-3-9-21-16-12(2)22-17(19)14(18)10-20-11-15(16)23-13-7-5-4-6-8-13;/h4-8,12,14-16H,3,9-11,18H2,1-2H3;1H/t12-,14-,15-,16-;/m0./s1. The molecular formula is C17H26ClNO5. The van der Waals surface area contributed by atoms with E-state index in [1.54, 1.807) is 0 Å². The molecule has 0 aliphatic carbocycles. The Morgan fingerprint density at radius 1 is 1.25 bits per heavy atom. The third-order valence-corrected chi connectivity index (χ3v) is 3.61. The molecule has 1 fully saturated rings. The third kappa shape index (κ3) is 5.94. The fourth-order valence-corrected chi connectivity index (χ4v) is 2.41. The number of rotatable bonds is 5. The monoisotopic (exact) mass is 359 g/mol. The Balaban J connectivity index is 0.00000288. The number of carbonyl (C=O) groups is 1. The van der Waals surface area contributed by atoms with Crippen molar-refractivity contribution in [3.05, 3.63) is 30.3 Å². The summed E-state index contributed by atoms with van der Waals surface area (Å²) in [5, 5.41) is 0. The van der Waals surface area contributed by atoms with Crippen LogP contribution in [0.5, 0.6) is 5.75 Å². The number of para-hydroxylation sites is 1. The summed E-state index contributed by atoms with van der Waals surface area (Å²) in [6.07, 6.45) is -0.330. The number of halogens is 1. The summed E-state index contributed by atoms with van der Waals surface area (Å²) in [6.45, 7) is 4.94. The lowest BCUT2D eigenvalue weighted by atomic mass is 10.1. The molecule has 0 radical (unpaired) electrons. The van der Waals surface area contributed by atoms with Crippen LogP contribution in [0, 0.1) is 0 Å². The van der Waals surface area contributed by atoms with E-state index in [2.05, 4.69) is 5.73 Å². The second-order valence-electron chi connectivity index (χ2n) is 5.68. The van der Waals surface area contributed by atoms with Gasteiger partial charge < -0.3 is 37.1 Å². The molecule has 1 aromatic carbocycles. The average molecular weight is 360 g/mol. The van der Waals surface area contributed by atoms with Crippen LogP contribution in [0.3, 0.4) is 0 Å². The molecule has 0 bridgehead atoms. The molecule has 2 rings (SSSR count). The number of hydrogen-bond donors (Lipinski definition) is 1. The Bertz CT molecular complexity index is 487.